The van der Waals surface area contributed by atoms with E-state index in [1.807, 2.05) is 6.92 Å². The van der Waals surface area contributed by atoms with Crippen molar-refractivity contribution < 1.29 is 13.2 Å². The molecule has 0 aromatic rings. The fourth-order valence-corrected chi connectivity index (χ4v) is 4.87. The Hall–Kier alpha value is -0.170. The second-order valence-electron chi connectivity index (χ2n) is 5.10. The molecule has 0 spiro atoms. The van der Waals surface area contributed by atoms with Crippen molar-refractivity contribution in [2.45, 2.75) is 44.8 Å². The molecule has 2 aliphatic heterocycles. The molecule has 0 bridgehead atoms. The molecule has 1 unspecified atom stereocenters. The van der Waals surface area contributed by atoms with Crippen molar-refractivity contribution in [2.75, 3.05) is 32.0 Å². The van der Waals surface area contributed by atoms with Crippen molar-refractivity contribution in [3.63, 3.8) is 0 Å². The molecule has 0 amide bonds. The topological polar surface area (TPSA) is 58.6 Å². The van der Waals surface area contributed by atoms with Gasteiger partial charge in [0, 0.05) is 19.2 Å². The number of piperidine rings is 1. The molecule has 2 fully saturated rings. The fraction of sp³-hybridized carbons (Fsp3) is 1.00. The summed E-state index contributed by atoms with van der Waals surface area (Å²) in [7, 11) is -3.17. The van der Waals surface area contributed by atoms with Crippen molar-refractivity contribution >= 4 is 10.0 Å². The molecule has 18 heavy (non-hydrogen) atoms. The van der Waals surface area contributed by atoms with E-state index in [0.717, 1.165) is 38.8 Å². The van der Waals surface area contributed by atoms with Crippen molar-refractivity contribution in [2.24, 2.45) is 0 Å². The Balaban J connectivity index is 1.99. The largest absolute Gasteiger partial charge is 0.377 e. The van der Waals surface area contributed by atoms with Crippen molar-refractivity contribution in [1.29, 1.82) is 0 Å². The average molecular weight is 276 g/mol. The monoisotopic (exact) mass is 276 g/mol. The Labute approximate surface area is 110 Å². The predicted molar refractivity (Wildman–Crippen MR) is 71.0 cm³/mol. The molecule has 2 heterocycles. The minimum absolute atomic E-state index is 0.0919. The Morgan fingerprint density at radius 2 is 2.00 bits per heavy atom. The van der Waals surface area contributed by atoms with Gasteiger partial charge in [0.25, 0.3) is 0 Å². The van der Waals surface area contributed by atoms with E-state index in [1.54, 1.807) is 4.31 Å². The first-order valence-corrected chi connectivity index (χ1v) is 8.56. The quantitative estimate of drug-likeness (QED) is 0.797. The molecule has 2 aliphatic rings. The van der Waals surface area contributed by atoms with Crippen LogP contribution in [0.5, 0.6) is 0 Å². The van der Waals surface area contributed by atoms with E-state index in [9.17, 15) is 8.42 Å². The first-order chi connectivity index (χ1) is 8.63. The van der Waals surface area contributed by atoms with Crippen LogP contribution in [-0.2, 0) is 14.8 Å². The van der Waals surface area contributed by atoms with E-state index >= 15 is 0 Å². The Morgan fingerprint density at radius 1 is 1.28 bits per heavy atom. The number of nitrogens with zero attached hydrogens (tertiary/aromatic N) is 1. The molecule has 1 atom stereocenters. The summed E-state index contributed by atoms with van der Waals surface area (Å²) < 4.78 is 32.0. The van der Waals surface area contributed by atoms with Gasteiger partial charge in [-0.25, -0.2) is 8.42 Å². The van der Waals surface area contributed by atoms with Crippen LogP contribution in [-0.4, -0.2) is 56.9 Å². The lowest BCUT2D eigenvalue weighted by Crippen LogP contribution is -2.47. The van der Waals surface area contributed by atoms with Gasteiger partial charge >= 0.3 is 0 Å². The molecule has 0 radical (unpaired) electrons. The molecular weight excluding hydrogens is 252 g/mol. The second kappa shape index (κ2) is 6.32. The smallest absolute Gasteiger partial charge is 0.216 e. The van der Waals surface area contributed by atoms with Gasteiger partial charge in [-0.2, -0.15) is 4.31 Å². The maximum Gasteiger partial charge on any atom is 0.216 e. The first-order valence-electron chi connectivity index (χ1n) is 6.95. The number of sulfonamides is 1. The van der Waals surface area contributed by atoms with Crippen LogP contribution in [0.4, 0.5) is 0 Å². The number of hydrogen-bond acceptors (Lipinski definition) is 4. The number of ether oxygens (including phenoxy) is 1. The summed E-state index contributed by atoms with van der Waals surface area (Å²) in [4.78, 5) is 0. The van der Waals surface area contributed by atoms with E-state index in [1.165, 1.54) is 0 Å². The van der Waals surface area contributed by atoms with Gasteiger partial charge in [-0.15, -0.1) is 0 Å². The lowest BCUT2D eigenvalue weighted by molar-refractivity contribution is 0.125. The van der Waals surface area contributed by atoms with Gasteiger partial charge in [0.15, 0.2) is 0 Å². The first kappa shape index (κ1) is 14.2. The SMILES string of the molecule is CCN(C1CCNCC1)S(=O)(=O)CC1CCCO1. The highest BCUT2D eigenvalue weighted by Gasteiger charge is 2.32. The van der Waals surface area contributed by atoms with Crippen LogP contribution in [0.2, 0.25) is 0 Å². The highest BCUT2D eigenvalue weighted by molar-refractivity contribution is 7.89. The van der Waals surface area contributed by atoms with E-state index in [2.05, 4.69) is 5.32 Å². The average Bonchev–Trinajstić information content (AvgIpc) is 2.83. The zero-order valence-electron chi connectivity index (χ0n) is 11.1. The lowest BCUT2D eigenvalue weighted by atomic mass is 10.1. The molecule has 0 aromatic heterocycles. The lowest BCUT2D eigenvalue weighted by Gasteiger charge is -2.33. The zero-order chi connectivity index (χ0) is 13.0. The third-order valence-corrected chi connectivity index (χ3v) is 5.87. The van der Waals surface area contributed by atoms with Crippen LogP contribution >= 0.6 is 0 Å². The molecule has 0 aliphatic carbocycles. The minimum atomic E-state index is -3.17. The second-order valence-corrected chi connectivity index (χ2v) is 7.06. The van der Waals surface area contributed by atoms with Crippen LogP contribution in [0.1, 0.15) is 32.6 Å². The van der Waals surface area contributed by atoms with Crippen LogP contribution < -0.4 is 5.32 Å². The summed E-state index contributed by atoms with van der Waals surface area (Å²) in [5.74, 6) is 0.158. The zero-order valence-corrected chi connectivity index (χ0v) is 11.9. The summed E-state index contributed by atoms with van der Waals surface area (Å²) >= 11 is 0. The molecule has 2 saturated heterocycles. The Bertz CT molecular complexity index is 346. The fourth-order valence-electron chi connectivity index (χ4n) is 2.88. The van der Waals surface area contributed by atoms with Crippen LogP contribution in [0.3, 0.4) is 0 Å². The van der Waals surface area contributed by atoms with Crippen LogP contribution in [0.25, 0.3) is 0 Å². The van der Waals surface area contributed by atoms with Gasteiger partial charge in [0.1, 0.15) is 0 Å². The third kappa shape index (κ3) is 3.44. The summed E-state index contributed by atoms with van der Waals surface area (Å²) in [6, 6.07) is 0.169. The highest BCUT2D eigenvalue weighted by atomic mass is 32.2. The van der Waals surface area contributed by atoms with E-state index in [0.29, 0.717) is 13.2 Å². The number of hydrogen-bond donors (Lipinski definition) is 1. The van der Waals surface area contributed by atoms with Crippen molar-refractivity contribution in [3.05, 3.63) is 0 Å². The van der Waals surface area contributed by atoms with Crippen LogP contribution in [0, 0.1) is 0 Å². The maximum atomic E-state index is 12.4. The third-order valence-electron chi connectivity index (χ3n) is 3.81. The molecule has 106 valence electrons. The molecule has 1 N–H and O–H groups in total. The van der Waals surface area contributed by atoms with Gasteiger partial charge in [-0.05, 0) is 38.8 Å². The molecule has 6 heteroatoms. The summed E-state index contributed by atoms with van der Waals surface area (Å²) in [6.07, 6.45) is 3.60. The van der Waals surface area contributed by atoms with Gasteiger partial charge in [0.2, 0.25) is 10.0 Å². The van der Waals surface area contributed by atoms with E-state index in [4.69, 9.17) is 4.74 Å². The van der Waals surface area contributed by atoms with E-state index < -0.39 is 10.0 Å². The minimum Gasteiger partial charge on any atom is -0.377 e. The van der Waals surface area contributed by atoms with Crippen molar-refractivity contribution in [3.8, 4) is 0 Å². The normalized spacial score (nSPS) is 26.9. The van der Waals surface area contributed by atoms with Crippen molar-refractivity contribution in [1.82, 2.24) is 9.62 Å². The van der Waals surface area contributed by atoms with E-state index in [-0.39, 0.29) is 17.9 Å². The summed E-state index contributed by atoms with van der Waals surface area (Å²) in [5.41, 5.74) is 0. The number of nitrogens with one attached hydrogen (secondary N) is 1. The molecule has 5 nitrogen and oxygen atoms in total. The number of rotatable bonds is 5. The highest BCUT2D eigenvalue weighted by Crippen LogP contribution is 2.20. The standard InChI is InChI=1S/C12H24N2O3S/c1-2-14(11-5-7-13-8-6-11)18(15,16)10-12-4-3-9-17-12/h11-13H,2-10H2,1H3. The Morgan fingerprint density at radius 3 is 2.56 bits per heavy atom. The predicted octanol–water partition coefficient (Wildman–Crippen LogP) is 0.569. The maximum absolute atomic E-state index is 12.4. The van der Waals surface area contributed by atoms with Gasteiger partial charge in [0.05, 0.1) is 11.9 Å². The molecule has 2 rings (SSSR count). The summed E-state index contributed by atoms with van der Waals surface area (Å²) in [6.45, 7) is 5.03. The molecule has 0 saturated carbocycles. The van der Waals surface area contributed by atoms with Gasteiger partial charge < -0.3 is 10.1 Å². The van der Waals surface area contributed by atoms with Crippen LogP contribution in [0.15, 0.2) is 0 Å². The van der Waals surface area contributed by atoms with Gasteiger partial charge in [-0.1, -0.05) is 6.92 Å². The molecule has 0 aromatic carbocycles. The Kier molecular flexibility index (Phi) is 5.00. The summed E-state index contributed by atoms with van der Waals surface area (Å²) in [5, 5.41) is 3.27. The van der Waals surface area contributed by atoms with Gasteiger partial charge in [-0.3, -0.25) is 0 Å². The molecular formula is C12H24N2O3S.